The molecule has 0 bridgehead atoms. The molecule has 7 heteroatoms. The Hall–Kier alpha value is -2.41. The summed E-state index contributed by atoms with van der Waals surface area (Å²) >= 11 is 0. The van der Waals surface area contributed by atoms with E-state index in [4.69, 9.17) is 0 Å². The van der Waals surface area contributed by atoms with Crippen LogP contribution in [0.2, 0.25) is 0 Å². The first-order valence-corrected chi connectivity index (χ1v) is 9.81. The van der Waals surface area contributed by atoms with Crippen molar-refractivity contribution in [1.82, 2.24) is 5.32 Å². The normalized spacial score (nSPS) is 14.2. The molecule has 1 amide bonds. The molecule has 0 radical (unpaired) electrons. The van der Waals surface area contributed by atoms with E-state index in [0.29, 0.717) is 11.3 Å². The zero-order chi connectivity index (χ0) is 18.0. The van der Waals surface area contributed by atoms with E-state index in [0.717, 1.165) is 23.4 Å². The Morgan fingerprint density at radius 1 is 1.16 bits per heavy atom. The van der Waals surface area contributed by atoms with Gasteiger partial charge in [-0.05, 0) is 43.2 Å². The van der Waals surface area contributed by atoms with E-state index >= 15 is 0 Å². The lowest BCUT2D eigenvalue weighted by Crippen LogP contribution is -2.30. The van der Waals surface area contributed by atoms with E-state index in [2.05, 4.69) is 5.32 Å². The molecule has 2 aromatic rings. The molecule has 1 saturated carbocycles. The maximum atomic E-state index is 13.9. The minimum Gasteiger partial charge on any atom is -0.349 e. The second kappa shape index (κ2) is 6.84. The van der Waals surface area contributed by atoms with Gasteiger partial charge in [-0.25, -0.2) is 12.8 Å². The van der Waals surface area contributed by atoms with Crippen LogP contribution in [0.25, 0.3) is 0 Å². The minimum absolute atomic E-state index is 0.112. The highest BCUT2D eigenvalue weighted by Gasteiger charge is 2.24. The number of hydrogen-bond donors (Lipinski definition) is 1. The van der Waals surface area contributed by atoms with Gasteiger partial charge in [0.1, 0.15) is 5.82 Å². The van der Waals surface area contributed by atoms with Crippen molar-refractivity contribution < 1.29 is 17.6 Å². The minimum atomic E-state index is -3.61. The van der Waals surface area contributed by atoms with E-state index in [1.54, 1.807) is 42.5 Å². The van der Waals surface area contributed by atoms with Crippen LogP contribution in [0.15, 0.2) is 48.5 Å². The fraction of sp³-hybridized carbons (Fsp3) is 0.278. The molecule has 5 nitrogen and oxygen atoms in total. The lowest BCUT2D eigenvalue weighted by atomic mass is 10.1. The van der Waals surface area contributed by atoms with Crippen molar-refractivity contribution in [3.63, 3.8) is 0 Å². The Balaban J connectivity index is 1.84. The standard InChI is InChI=1S/C18H19FN2O3S/c1-25(23,24)21(12-14-4-2-3-5-17(14)19)16-10-6-13(7-11-16)18(22)20-15-8-9-15/h2-7,10-11,15H,8-9,12H2,1H3,(H,20,22). The third-order valence-electron chi connectivity index (χ3n) is 4.00. The van der Waals surface area contributed by atoms with Gasteiger partial charge in [0.05, 0.1) is 18.5 Å². The lowest BCUT2D eigenvalue weighted by Gasteiger charge is -2.23. The van der Waals surface area contributed by atoms with Crippen molar-refractivity contribution in [1.29, 1.82) is 0 Å². The van der Waals surface area contributed by atoms with Gasteiger partial charge in [0.2, 0.25) is 10.0 Å². The number of halogens is 1. The predicted octanol–water partition coefficient (Wildman–Crippen LogP) is 2.68. The molecule has 0 spiro atoms. The molecule has 132 valence electrons. The van der Waals surface area contributed by atoms with Crippen molar-refractivity contribution in [2.75, 3.05) is 10.6 Å². The number of nitrogens with zero attached hydrogens (tertiary/aromatic N) is 1. The number of amides is 1. The number of anilines is 1. The Morgan fingerprint density at radius 2 is 1.80 bits per heavy atom. The summed E-state index contributed by atoms with van der Waals surface area (Å²) in [4.78, 5) is 12.0. The van der Waals surface area contributed by atoms with Crippen LogP contribution >= 0.6 is 0 Å². The molecule has 3 rings (SSSR count). The van der Waals surface area contributed by atoms with E-state index in [1.165, 1.54) is 6.07 Å². The predicted molar refractivity (Wildman–Crippen MR) is 94.4 cm³/mol. The third-order valence-corrected chi connectivity index (χ3v) is 5.14. The largest absolute Gasteiger partial charge is 0.349 e. The average Bonchev–Trinajstić information content (AvgIpc) is 3.37. The molecule has 0 aliphatic heterocycles. The SMILES string of the molecule is CS(=O)(=O)N(Cc1ccccc1F)c1ccc(C(=O)NC2CC2)cc1. The van der Waals surface area contributed by atoms with Gasteiger partial charge < -0.3 is 5.32 Å². The number of hydrogen-bond acceptors (Lipinski definition) is 3. The molecule has 0 saturated heterocycles. The first kappa shape index (κ1) is 17.4. The zero-order valence-electron chi connectivity index (χ0n) is 13.8. The molecule has 25 heavy (non-hydrogen) atoms. The van der Waals surface area contributed by atoms with Crippen molar-refractivity contribution in [3.05, 3.63) is 65.5 Å². The van der Waals surface area contributed by atoms with Crippen molar-refractivity contribution in [2.24, 2.45) is 0 Å². The number of carbonyl (C=O) groups is 1. The zero-order valence-corrected chi connectivity index (χ0v) is 14.6. The van der Waals surface area contributed by atoms with Crippen LogP contribution in [0.4, 0.5) is 10.1 Å². The summed E-state index contributed by atoms with van der Waals surface area (Å²) < 4.78 is 39.3. The van der Waals surface area contributed by atoms with Gasteiger partial charge in [-0.3, -0.25) is 9.10 Å². The second-order valence-corrected chi connectivity index (χ2v) is 8.06. The van der Waals surface area contributed by atoms with Crippen LogP contribution < -0.4 is 9.62 Å². The first-order chi connectivity index (χ1) is 11.8. The Kier molecular flexibility index (Phi) is 4.76. The second-order valence-electron chi connectivity index (χ2n) is 6.16. The van der Waals surface area contributed by atoms with E-state index in [9.17, 15) is 17.6 Å². The van der Waals surface area contributed by atoms with Gasteiger partial charge in [0.15, 0.2) is 0 Å². The molecule has 2 aromatic carbocycles. The Bertz CT molecular complexity index is 877. The fourth-order valence-corrected chi connectivity index (χ4v) is 3.34. The van der Waals surface area contributed by atoms with Crippen molar-refractivity contribution >= 4 is 21.6 Å². The van der Waals surface area contributed by atoms with Crippen LogP contribution in [0.5, 0.6) is 0 Å². The summed E-state index contributed by atoms with van der Waals surface area (Å²) in [5, 5.41) is 2.88. The maximum absolute atomic E-state index is 13.9. The Labute approximate surface area is 146 Å². The highest BCUT2D eigenvalue weighted by atomic mass is 32.2. The topological polar surface area (TPSA) is 66.5 Å². The van der Waals surface area contributed by atoms with Gasteiger partial charge in [-0.2, -0.15) is 0 Å². The van der Waals surface area contributed by atoms with Gasteiger partial charge in [-0.15, -0.1) is 0 Å². The molecule has 1 aliphatic rings. The van der Waals surface area contributed by atoms with Crippen LogP contribution in [0.3, 0.4) is 0 Å². The summed E-state index contributed by atoms with van der Waals surface area (Å²) in [5.74, 6) is -0.634. The molecule has 0 atom stereocenters. The number of sulfonamides is 1. The molecule has 1 N–H and O–H groups in total. The van der Waals surface area contributed by atoms with Gasteiger partial charge in [0.25, 0.3) is 5.91 Å². The van der Waals surface area contributed by atoms with Crippen molar-refractivity contribution in [2.45, 2.75) is 25.4 Å². The van der Waals surface area contributed by atoms with E-state index < -0.39 is 15.8 Å². The lowest BCUT2D eigenvalue weighted by molar-refractivity contribution is 0.0951. The maximum Gasteiger partial charge on any atom is 0.251 e. The molecule has 1 aliphatic carbocycles. The van der Waals surface area contributed by atoms with Crippen LogP contribution in [-0.2, 0) is 16.6 Å². The molecule has 0 aromatic heterocycles. The van der Waals surface area contributed by atoms with Gasteiger partial charge in [-0.1, -0.05) is 18.2 Å². The van der Waals surface area contributed by atoms with Crippen LogP contribution in [0.1, 0.15) is 28.8 Å². The molecule has 1 fully saturated rings. The quantitative estimate of drug-likeness (QED) is 0.859. The van der Waals surface area contributed by atoms with Crippen LogP contribution in [-0.4, -0.2) is 26.6 Å². The van der Waals surface area contributed by atoms with E-state index in [1.807, 2.05) is 0 Å². The smallest absolute Gasteiger partial charge is 0.251 e. The monoisotopic (exact) mass is 362 g/mol. The van der Waals surface area contributed by atoms with E-state index in [-0.39, 0.29) is 24.1 Å². The van der Waals surface area contributed by atoms with Crippen LogP contribution in [0, 0.1) is 5.82 Å². The number of nitrogens with one attached hydrogen (secondary N) is 1. The fourth-order valence-electron chi connectivity index (χ4n) is 2.46. The molecule has 0 heterocycles. The highest BCUT2D eigenvalue weighted by Crippen LogP contribution is 2.23. The molecule has 0 unspecified atom stereocenters. The summed E-state index contributed by atoms with van der Waals surface area (Å²) in [6, 6.07) is 12.6. The molecular weight excluding hydrogens is 343 g/mol. The summed E-state index contributed by atoms with van der Waals surface area (Å²) in [6.45, 7) is -0.112. The summed E-state index contributed by atoms with van der Waals surface area (Å²) in [7, 11) is -3.61. The number of benzene rings is 2. The third kappa shape index (κ3) is 4.36. The summed E-state index contributed by atoms with van der Waals surface area (Å²) in [6.07, 6.45) is 3.06. The Morgan fingerprint density at radius 3 is 2.36 bits per heavy atom. The number of carbonyl (C=O) groups excluding carboxylic acids is 1. The number of rotatable bonds is 6. The van der Waals surface area contributed by atoms with Crippen molar-refractivity contribution in [3.8, 4) is 0 Å². The first-order valence-electron chi connectivity index (χ1n) is 7.96. The average molecular weight is 362 g/mol. The summed E-state index contributed by atoms with van der Waals surface area (Å²) in [5.41, 5.74) is 1.13. The van der Waals surface area contributed by atoms with Gasteiger partial charge >= 0.3 is 0 Å². The highest BCUT2D eigenvalue weighted by molar-refractivity contribution is 7.92. The van der Waals surface area contributed by atoms with Gasteiger partial charge in [0, 0.05) is 17.2 Å². The molecular formula is C18H19FN2O3S.